The van der Waals surface area contributed by atoms with Crippen molar-refractivity contribution in [3.8, 4) is 23.4 Å². The van der Waals surface area contributed by atoms with Crippen molar-refractivity contribution in [1.82, 2.24) is 4.98 Å². The smallest absolute Gasteiger partial charge is 0.344 e. The molecule has 0 aliphatic carbocycles. The lowest BCUT2D eigenvalue weighted by molar-refractivity contribution is 0.385. The van der Waals surface area contributed by atoms with E-state index in [4.69, 9.17) is 24.6 Å². The summed E-state index contributed by atoms with van der Waals surface area (Å²) in [4.78, 5) is 18.0. The molecule has 5 aromatic rings. The van der Waals surface area contributed by atoms with Crippen LogP contribution >= 0.6 is 0 Å². The number of ether oxygens (including phenoxy) is 2. The fraction of sp³-hybridized carbons (Fsp3) is 0.0357. The molecule has 3 heterocycles. The number of rotatable bonds is 3. The second kappa shape index (κ2) is 8.04. The number of benzene rings is 3. The number of hydrogen-bond acceptors (Lipinski definition) is 7. The van der Waals surface area contributed by atoms with Gasteiger partial charge in [0.25, 0.3) is 0 Å². The van der Waals surface area contributed by atoms with Gasteiger partial charge in [-0.05, 0) is 36.4 Å². The van der Waals surface area contributed by atoms with Crippen LogP contribution in [0.1, 0.15) is 17.0 Å². The van der Waals surface area contributed by atoms with Crippen molar-refractivity contribution in [2.24, 2.45) is 5.73 Å². The molecule has 168 valence electrons. The van der Waals surface area contributed by atoms with E-state index in [0.29, 0.717) is 27.8 Å². The third-order valence-corrected chi connectivity index (χ3v) is 5.96. The average molecular weight is 459 g/mol. The number of allylic oxidation sites excluding steroid dienone is 1. The highest BCUT2D eigenvalue weighted by molar-refractivity contribution is 5.87. The van der Waals surface area contributed by atoms with E-state index >= 15 is 0 Å². The maximum Gasteiger partial charge on any atom is 0.344 e. The highest BCUT2D eigenvalue weighted by Gasteiger charge is 2.37. The number of para-hydroxylation sites is 3. The second-order valence-electron chi connectivity index (χ2n) is 8.04. The van der Waals surface area contributed by atoms with E-state index in [1.807, 2.05) is 54.6 Å². The van der Waals surface area contributed by atoms with Crippen LogP contribution in [-0.2, 0) is 0 Å². The van der Waals surface area contributed by atoms with Gasteiger partial charge in [0, 0.05) is 10.9 Å². The second-order valence-corrected chi connectivity index (χ2v) is 8.04. The predicted molar refractivity (Wildman–Crippen MR) is 130 cm³/mol. The minimum atomic E-state index is -0.902. The summed E-state index contributed by atoms with van der Waals surface area (Å²) in [6.07, 6.45) is 0. The Morgan fingerprint density at radius 3 is 2.54 bits per heavy atom. The summed E-state index contributed by atoms with van der Waals surface area (Å²) < 4.78 is 17.6. The van der Waals surface area contributed by atoms with Gasteiger partial charge in [-0.15, -0.1) is 0 Å². The molecule has 0 radical (unpaired) electrons. The molecule has 7 heteroatoms. The molecule has 1 aliphatic rings. The Kier molecular flexibility index (Phi) is 4.71. The molecule has 3 aromatic carbocycles. The highest BCUT2D eigenvalue weighted by atomic mass is 16.5. The zero-order valence-corrected chi connectivity index (χ0v) is 18.3. The molecule has 0 bridgehead atoms. The van der Waals surface area contributed by atoms with E-state index in [2.05, 4.69) is 6.07 Å². The van der Waals surface area contributed by atoms with Gasteiger partial charge in [-0.2, -0.15) is 5.26 Å². The van der Waals surface area contributed by atoms with Crippen molar-refractivity contribution in [1.29, 1.82) is 5.26 Å². The van der Waals surface area contributed by atoms with Gasteiger partial charge in [-0.25, -0.2) is 9.78 Å². The van der Waals surface area contributed by atoms with Crippen molar-refractivity contribution >= 4 is 21.9 Å². The first kappa shape index (κ1) is 20.5. The molecule has 0 saturated heterocycles. The lowest BCUT2D eigenvalue weighted by Crippen LogP contribution is -2.26. The predicted octanol–water partition coefficient (Wildman–Crippen LogP) is 5.35. The molecule has 2 aromatic heterocycles. The summed E-state index contributed by atoms with van der Waals surface area (Å²) in [6, 6.07) is 27.7. The van der Waals surface area contributed by atoms with Crippen LogP contribution < -0.4 is 20.8 Å². The van der Waals surface area contributed by atoms with Crippen LogP contribution in [-0.4, -0.2) is 4.98 Å². The van der Waals surface area contributed by atoms with E-state index in [1.165, 1.54) is 0 Å². The summed E-state index contributed by atoms with van der Waals surface area (Å²) in [6.45, 7) is 0. The van der Waals surface area contributed by atoms with Crippen LogP contribution in [0.5, 0.6) is 17.4 Å². The van der Waals surface area contributed by atoms with Crippen molar-refractivity contribution in [3.05, 3.63) is 118 Å². The standard InChI is InChI=1S/C28H17N3O4/c29-15-20-23(24-25(35-26(20)30)18-11-5-7-13-22(18)34-28(24)32)19-14-16-8-4-6-12-21(16)31-27(19)33-17-9-2-1-3-10-17/h1-14,23H,30H2. The molecule has 35 heavy (non-hydrogen) atoms. The van der Waals surface area contributed by atoms with Crippen LogP contribution in [0.4, 0.5) is 0 Å². The Morgan fingerprint density at radius 1 is 0.971 bits per heavy atom. The van der Waals surface area contributed by atoms with Crippen LogP contribution in [0.2, 0.25) is 0 Å². The normalized spacial score (nSPS) is 14.9. The fourth-order valence-corrected chi connectivity index (χ4v) is 4.38. The molecule has 1 atom stereocenters. The van der Waals surface area contributed by atoms with Gasteiger partial charge in [0.2, 0.25) is 11.8 Å². The Bertz CT molecular complexity index is 1750. The number of pyridine rings is 1. The van der Waals surface area contributed by atoms with Gasteiger partial charge in [-0.3, -0.25) is 0 Å². The summed E-state index contributed by atoms with van der Waals surface area (Å²) in [5, 5.41) is 11.4. The third-order valence-electron chi connectivity index (χ3n) is 5.96. The highest BCUT2D eigenvalue weighted by Crippen LogP contribution is 2.46. The minimum Gasteiger partial charge on any atom is -0.439 e. The summed E-state index contributed by atoms with van der Waals surface area (Å²) in [7, 11) is 0. The van der Waals surface area contributed by atoms with E-state index in [-0.39, 0.29) is 28.6 Å². The molecule has 0 saturated carbocycles. The van der Waals surface area contributed by atoms with Crippen molar-refractivity contribution in [2.75, 3.05) is 0 Å². The van der Waals surface area contributed by atoms with E-state index in [9.17, 15) is 10.1 Å². The van der Waals surface area contributed by atoms with Gasteiger partial charge >= 0.3 is 5.63 Å². The maximum absolute atomic E-state index is 13.3. The van der Waals surface area contributed by atoms with E-state index in [1.54, 1.807) is 30.3 Å². The van der Waals surface area contributed by atoms with Crippen molar-refractivity contribution in [2.45, 2.75) is 5.92 Å². The number of hydrogen-bond donors (Lipinski definition) is 1. The fourth-order valence-electron chi connectivity index (χ4n) is 4.38. The van der Waals surface area contributed by atoms with Gasteiger partial charge < -0.3 is 19.6 Å². The summed E-state index contributed by atoms with van der Waals surface area (Å²) in [5.74, 6) is 0.0860. The lowest BCUT2D eigenvalue weighted by Gasteiger charge is -2.27. The molecule has 6 rings (SSSR count). The molecule has 0 spiro atoms. The number of nitrogens with two attached hydrogens (primary N) is 1. The lowest BCUT2D eigenvalue weighted by atomic mass is 9.83. The third kappa shape index (κ3) is 3.36. The van der Waals surface area contributed by atoms with Crippen LogP contribution in [0.15, 0.2) is 106 Å². The first-order valence-corrected chi connectivity index (χ1v) is 10.9. The van der Waals surface area contributed by atoms with Crippen LogP contribution in [0, 0.1) is 11.3 Å². The molecular weight excluding hydrogens is 442 g/mol. The van der Waals surface area contributed by atoms with Crippen LogP contribution in [0.25, 0.3) is 21.9 Å². The number of nitriles is 1. The van der Waals surface area contributed by atoms with Gasteiger partial charge in [0.1, 0.15) is 23.0 Å². The average Bonchev–Trinajstić information content (AvgIpc) is 2.88. The summed E-state index contributed by atoms with van der Waals surface area (Å²) in [5.41, 5.74) is 7.42. The molecule has 2 N–H and O–H groups in total. The Balaban J connectivity index is 1.67. The zero-order chi connectivity index (χ0) is 23.9. The molecule has 1 unspecified atom stereocenters. The van der Waals surface area contributed by atoms with Crippen molar-refractivity contribution < 1.29 is 13.9 Å². The first-order chi connectivity index (χ1) is 17.1. The molecule has 0 fully saturated rings. The van der Waals surface area contributed by atoms with Gasteiger partial charge in [-0.1, -0.05) is 48.5 Å². The molecular formula is C28H17N3O4. The minimum absolute atomic E-state index is 0.0788. The van der Waals surface area contributed by atoms with Gasteiger partial charge in [0.05, 0.1) is 22.4 Å². The Labute approximate surface area is 199 Å². The zero-order valence-electron chi connectivity index (χ0n) is 18.3. The van der Waals surface area contributed by atoms with E-state index < -0.39 is 11.5 Å². The number of aromatic nitrogens is 1. The first-order valence-electron chi connectivity index (χ1n) is 10.9. The maximum atomic E-state index is 13.3. The number of nitrogens with zero attached hydrogens (tertiary/aromatic N) is 2. The van der Waals surface area contributed by atoms with Gasteiger partial charge in [0.15, 0.2) is 5.75 Å². The monoisotopic (exact) mass is 459 g/mol. The SMILES string of the molecule is N#CC1=C(N)Oc2c(c(=O)oc3ccccc23)C1c1cc2ccccc2nc1Oc1ccccc1. The van der Waals surface area contributed by atoms with E-state index in [0.717, 1.165) is 5.39 Å². The quantitative estimate of drug-likeness (QED) is 0.362. The van der Waals surface area contributed by atoms with Crippen molar-refractivity contribution in [3.63, 3.8) is 0 Å². The molecule has 7 nitrogen and oxygen atoms in total. The largest absolute Gasteiger partial charge is 0.439 e. The Morgan fingerprint density at radius 2 is 1.71 bits per heavy atom. The Hall–Kier alpha value is -5.09. The number of fused-ring (bicyclic) bond motifs is 4. The molecule has 1 aliphatic heterocycles. The molecule has 0 amide bonds. The summed E-state index contributed by atoms with van der Waals surface area (Å²) >= 11 is 0. The topological polar surface area (TPSA) is 111 Å². The van der Waals surface area contributed by atoms with Crippen LogP contribution in [0.3, 0.4) is 0 Å².